The van der Waals surface area contributed by atoms with E-state index in [9.17, 15) is 13.2 Å². The molecule has 1 aliphatic heterocycles. The summed E-state index contributed by atoms with van der Waals surface area (Å²) in [6, 6.07) is 24.7. The summed E-state index contributed by atoms with van der Waals surface area (Å²) in [5, 5.41) is 3.61. The maximum atomic E-state index is 13.5. The second-order valence-corrected chi connectivity index (χ2v) is 8.55. The average Bonchev–Trinajstić information content (AvgIpc) is 3.26. The molecular formula is C23H16N2O3S. The van der Waals surface area contributed by atoms with Crippen LogP contribution in [0.15, 0.2) is 89.8 Å². The number of fused-ring (bicyclic) bond motifs is 2. The second kappa shape index (κ2) is 6.46. The van der Waals surface area contributed by atoms with Crippen molar-refractivity contribution in [2.24, 2.45) is 0 Å². The second-order valence-electron chi connectivity index (χ2n) is 6.77. The molecule has 5 rings (SSSR count). The number of aromatic nitrogens is 1. The number of carbonyl (C=O) groups is 1. The molecule has 0 atom stereocenters. The Bertz CT molecular complexity index is 1400. The van der Waals surface area contributed by atoms with E-state index in [1.54, 1.807) is 54.6 Å². The molecule has 0 bridgehead atoms. The minimum absolute atomic E-state index is 0.192. The van der Waals surface area contributed by atoms with Crippen LogP contribution in [0, 0.1) is 0 Å². The van der Waals surface area contributed by atoms with Crippen LogP contribution >= 0.6 is 0 Å². The summed E-state index contributed by atoms with van der Waals surface area (Å²) in [4.78, 5) is 12.7. The van der Waals surface area contributed by atoms with Crippen molar-refractivity contribution in [3.63, 3.8) is 0 Å². The molecule has 1 aromatic heterocycles. The Morgan fingerprint density at radius 2 is 1.52 bits per heavy atom. The van der Waals surface area contributed by atoms with Crippen LogP contribution in [0.4, 0.5) is 5.69 Å². The standard InChI is InChI=1S/C23H16N2O3S/c26-23-20(19-11-5-6-12-21(19)24-23)15-17-14-16-8-4-7-13-22(16)25(17)29(27,28)18-9-2-1-3-10-18/h1-15H,(H,24,26). The van der Waals surface area contributed by atoms with Gasteiger partial charge >= 0.3 is 0 Å². The van der Waals surface area contributed by atoms with Gasteiger partial charge in [0, 0.05) is 16.6 Å². The smallest absolute Gasteiger partial charge is 0.268 e. The maximum Gasteiger partial charge on any atom is 0.268 e. The summed E-state index contributed by atoms with van der Waals surface area (Å²) < 4.78 is 28.2. The van der Waals surface area contributed by atoms with Gasteiger partial charge in [-0.15, -0.1) is 0 Å². The molecule has 0 saturated carbocycles. The summed E-state index contributed by atoms with van der Waals surface area (Å²) in [5.41, 5.74) is 2.91. The molecule has 5 nitrogen and oxygen atoms in total. The van der Waals surface area contributed by atoms with Crippen LogP contribution in [0.5, 0.6) is 0 Å². The van der Waals surface area contributed by atoms with Crippen molar-refractivity contribution in [3.05, 3.63) is 96.2 Å². The number of hydrogen-bond donors (Lipinski definition) is 1. The molecule has 1 amide bonds. The quantitative estimate of drug-likeness (QED) is 0.519. The van der Waals surface area contributed by atoms with Gasteiger partial charge in [-0.05, 0) is 36.4 Å². The summed E-state index contributed by atoms with van der Waals surface area (Å²) >= 11 is 0. The molecule has 142 valence electrons. The van der Waals surface area contributed by atoms with Gasteiger partial charge in [0.25, 0.3) is 15.9 Å². The zero-order valence-electron chi connectivity index (χ0n) is 15.2. The molecule has 0 unspecified atom stereocenters. The monoisotopic (exact) mass is 400 g/mol. The SMILES string of the molecule is O=C1Nc2ccccc2C1=Cc1cc2ccccc2n1S(=O)(=O)c1ccccc1. The third-order valence-electron chi connectivity index (χ3n) is 4.98. The van der Waals surface area contributed by atoms with Crippen LogP contribution in [-0.4, -0.2) is 18.3 Å². The molecule has 0 spiro atoms. The Labute approximate surface area is 168 Å². The van der Waals surface area contributed by atoms with Crippen molar-refractivity contribution < 1.29 is 13.2 Å². The van der Waals surface area contributed by atoms with Gasteiger partial charge in [-0.1, -0.05) is 54.6 Å². The van der Waals surface area contributed by atoms with E-state index in [1.807, 2.05) is 36.4 Å². The van der Waals surface area contributed by atoms with Gasteiger partial charge in [-0.3, -0.25) is 4.79 Å². The number of anilines is 1. The number of carbonyl (C=O) groups excluding carboxylic acids is 1. The highest BCUT2D eigenvalue weighted by atomic mass is 32.2. The summed E-state index contributed by atoms with van der Waals surface area (Å²) in [5.74, 6) is -0.250. The molecule has 0 radical (unpaired) electrons. The largest absolute Gasteiger partial charge is 0.321 e. The van der Waals surface area contributed by atoms with E-state index >= 15 is 0 Å². The predicted octanol–water partition coefficient (Wildman–Crippen LogP) is 4.37. The summed E-state index contributed by atoms with van der Waals surface area (Å²) in [6.45, 7) is 0. The number of nitrogens with zero attached hydrogens (tertiary/aromatic N) is 1. The highest BCUT2D eigenvalue weighted by molar-refractivity contribution is 7.90. The topological polar surface area (TPSA) is 68.2 Å². The highest BCUT2D eigenvalue weighted by Crippen LogP contribution is 2.34. The normalized spacial score (nSPS) is 14.9. The number of rotatable bonds is 3. The van der Waals surface area contributed by atoms with Crippen molar-refractivity contribution in [1.82, 2.24) is 3.97 Å². The molecule has 2 heterocycles. The molecule has 3 aromatic carbocycles. The molecule has 4 aromatic rings. The van der Waals surface area contributed by atoms with E-state index in [1.165, 1.54) is 3.97 Å². The maximum absolute atomic E-state index is 13.5. The van der Waals surface area contributed by atoms with Crippen LogP contribution in [0.1, 0.15) is 11.3 Å². The lowest BCUT2D eigenvalue weighted by molar-refractivity contribution is -0.110. The number of hydrogen-bond acceptors (Lipinski definition) is 3. The van der Waals surface area contributed by atoms with Crippen LogP contribution in [0.3, 0.4) is 0 Å². The lowest BCUT2D eigenvalue weighted by Crippen LogP contribution is -2.14. The van der Waals surface area contributed by atoms with Gasteiger partial charge in [-0.2, -0.15) is 0 Å². The Morgan fingerprint density at radius 3 is 2.34 bits per heavy atom. The van der Waals surface area contributed by atoms with Crippen molar-refractivity contribution >= 4 is 44.2 Å². The van der Waals surface area contributed by atoms with Gasteiger partial charge in [0.05, 0.1) is 21.7 Å². The number of para-hydroxylation sites is 2. The minimum atomic E-state index is -3.85. The van der Waals surface area contributed by atoms with E-state index in [0.717, 1.165) is 16.6 Å². The van der Waals surface area contributed by atoms with Crippen molar-refractivity contribution in [1.29, 1.82) is 0 Å². The molecule has 0 aliphatic carbocycles. The molecule has 6 heteroatoms. The lowest BCUT2D eigenvalue weighted by atomic mass is 10.1. The first-order valence-electron chi connectivity index (χ1n) is 9.09. The van der Waals surface area contributed by atoms with E-state index in [-0.39, 0.29) is 10.8 Å². The number of nitrogens with one attached hydrogen (secondary N) is 1. The Balaban J connectivity index is 1.79. The molecule has 0 fully saturated rings. The number of benzene rings is 3. The Kier molecular flexibility index (Phi) is 3.89. The van der Waals surface area contributed by atoms with Crippen LogP contribution in [0.2, 0.25) is 0 Å². The fraction of sp³-hybridized carbons (Fsp3) is 0. The molecular weight excluding hydrogens is 384 g/mol. The first-order valence-corrected chi connectivity index (χ1v) is 10.5. The predicted molar refractivity (Wildman–Crippen MR) is 114 cm³/mol. The van der Waals surface area contributed by atoms with E-state index < -0.39 is 10.0 Å². The van der Waals surface area contributed by atoms with Crippen LogP contribution < -0.4 is 5.32 Å². The lowest BCUT2D eigenvalue weighted by Gasteiger charge is -2.10. The fourth-order valence-corrected chi connectivity index (χ4v) is 5.17. The van der Waals surface area contributed by atoms with Crippen molar-refractivity contribution in [3.8, 4) is 0 Å². The van der Waals surface area contributed by atoms with E-state index in [2.05, 4.69) is 5.32 Å². The zero-order chi connectivity index (χ0) is 20.0. The van der Waals surface area contributed by atoms with Crippen molar-refractivity contribution in [2.45, 2.75) is 4.90 Å². The minimum Gasteiger partial charge on any atom is -0.321 e. The van der Waals surface area contributed by atoms with Gasteiger partial charge in [-0.25, -0.2) is 12.4 Å². The highest BCUT2D eigenvalue weighted by Gasteiger charge is 2.26. The van der Waals surface area contributed by atoms with Gasteiger partial charge in [0.1, 0.15) is 0 Å². The van der Waals surface area contributed by atoms with Crippen molar-refractivity contribution in [2.75, 3.05) is 5.32 Å². The van der Waals surface area contributed by atoms with Gasteiger partial charge in [0.15, 0.2) is 0 Å². The molecule has 1 N–H and O–H groups in total. The molecule has 1 aliphatic rings. The Morgan fingerprint density at radius 1 is 0.828 bits per heavy atom. The molecule has 29 heavy (non-hydrogen) atoms. The van der Waals surface area contributed by atoms with Crippen LogP contribution in [0.25, 0.3) is 22.6 Å². The van der Waals surface area contributed by atoms with E-state index in [4.69, 9.17) is 0 Å². The fourth-order valence-electron chi connectivity index (χ4n) is 3.65. The Hall–Kier alpha value is -3.64. The van der Waals surface area contributed by atoms with Gasteiger partial charge in [0.2, 0.25) is 0 Å². The first-order chi connectivity index (χ1) is 14.1. The first kappa shape index (κ1) is 17.5. The summed E-state index contributed by atoms with van der Waals surface area (Å²) in [6.07, 6.45) is 1.64. The summed E-state index contributed by atoms with van der Waals surface area (Å²) in [7, 11) is -3.85. The average molecular weight is 400 g/mol. The third kappa shape index (κ3) is 2.77. The third-order valence-corrected chi connectivity index (χ3v) is 6.73. The van der Waals surface area contributed by atoms with E-state index in [0.29, 0.717) is 16.8 Å². The number of amides is 1. The van der Waals surface area contributed by atoms with Crippen LogP contribution in [-0.2, 0) is 14.8 Å². The molecule has 0 saturated heterocycles. The van der Waals surface area contributed by atoms with Gasteiger partial charge < -0.3 is 5.32 Å². The zero-order valence-corrected chi connectivity index (χ0v) is 16.1.